The lowest BCUT2D eigenvalue weighted by Crippen LogP contribution is -2.41. The summed E-state index contributed by atoms with van der Waals surface area (Å²) in [6, 6.07) is 14.4. The van der Waals surface area contributed by atoms with Gasteiger partial charge in [-0.25, -0.2) is 0 Å². The Bertz CT molecular complexity index is 636. The number of benzene rings is 2. The molecule has 2 atom stereocenters. The third-order valence-corrected chi connectivity index (χ3v) is 4.11. The van der Waals surface area contributed by atoms with Gasteiger partial charge in [-0.3, -0.25) is 4.79 Å². The average Bonchev–Trinajstić information content (AvgIpc) is 2.94. The van der Waals surface area contributed by atoms with E-state index in [-0.39, 0.29) is 24.4 Å². The predicted molar refractivity (Wildman–Crippen MR) is 88.5 cm³/mol. The minimum absolute atomic E-state index is 0. The number of halogens is 1. The highest BCUT2D eigenvalue weighted by molar-refractivity contribution is 5.87. The van der Waals surface area contributed by atoms with Crippen LogP contribution in [0.5, 0.6) is 0 Å². The van der Waals surface area contributed by atoms with Crippen molar-refractivity contribution in [3.63, 3.8) is 0 Å². The fraction of sp³-hybridized carbons (Fsp3) is 0.353. The molecular weight excluding hydrogens is 284 g/mol. The van der Waals surface area contributed by atoms with Crippen molar-refractivity contribution in [3.05, 3.63) is 48.0 Å². The zero-order valence-corrected chi connectivity index (χ0v) is 13.0. The van der Waals surface area contributed by atoms with E-state index in [9.17, 15) is 4.79 Å². The molecule has 1 unspecified atom stereocenters. The van der Waals surface area contributed by atoms with Gasteiger partial charge in [0.25, 0.3) is 0 Å². The molecule has 0 aliphatic carbocycles. The number of rotatable bonds is 2. The summed E-state index contributed by atoms with van der Waals surface area (Å²) < 4.78 is 0. The SMILES string of the molecule is C[C@H](N)C(=O)N1CCCC1c1cccc2ccccc12.Cl. The van der Waals surface area contributed by atoms with Crippen molar-refractivity contribution >= 4 is 29.1 Å². The van der Waals surface area contributed by atoms with Crippen molar-refractivity contribution in [2.75, 3.05) is 6.54 Å². The van der Waals surface area contributed by atoms with Crippen molar-refractivity contribution in [1.82, 2.24) is 4.90 Å². The summed E-state index contributed by atoms with van der Waals surface area (Å²) in [5, 5.41) is 2.47. The number of nitrogens with two attached hydrogens (primary N) is 1. The number of nitrogens with zero attached hydrogens (tertiary/aromatic N) is 1. The second kappa shape index (κ2) is 6.46. The molecule has 0 radical (unpaired) electrons. The molecule has 3 rings (SSSR count). The Kier molecular flexibility index (Phi) is 4.86. The molecule has 0 aromatic heterocycles. The first-order valence-corrected chi connectivity index (χ1v) is 7.22. The molecule has 21 heavy (non-hydrogen) atoms. The Morgan fingerprint density at radius 3 is 2.71 bits per heavy atom. The van der Waals surface area contributed by atoms with Crippen LogP contribution in [0.3, 0.4) is 0 Å². The third kappa shape index (κ3) is 2.89. The van der Waals surface area contributed by atoms with Crippen molar-refractivity contribution < 1.29 is 4.79 Å². The Morgan fingerprint density at radius 1 is 1.24 bits per heavy atom. The van der Waals surface area contributed by atoms with E-state index in [1.165, 1.54) is 16.3 Å². The van der Waals surface area contributed by atoms with Crippen LogP contribution in [0.1, 0.15) is 31.4 Å². The average molecular weight is 305 g/mol. The number of carbonyl (C=O) groups is 1. The molecular formula is C17H21ClN2O. The number of hydrogen-bond donors (Lipinski definition) is 1. The van der Waals surface area contributed by atoms with E-state index in [2.05, 4.69) is 36.4 Å². The van der Waals surface area contributed by atoms with Crippen molar-refractivity contribution in [1.29, 1.82) is 0 Å². The fourth-order valence-corrected chi connectivity index (χ4v) is 3.16. The van der Waals surface area contributed by atoms with Gasteiger partial charge in [-0.15, -0.1) is 12.4 Å². The molecule has 1 aliphatic rings. The Morgan fingerprint density at radius 2 is 1.95 bits per heavy atom. The zero-order chi connectivity index (χ0) is 14.1. The molecule has 1 aliphatic heterocycles. The summed E-state index contributed by atoms with van der Waals surface area (Å²) in [6.45, 7) is 2.58. The van der Waals surface area contributed by atoms with Gasteiger partial charge in [0.15, 0.2) is 0 Å². The van der Waals surface area contributed by atoms with Crippen molar-refractivity contribution in [2.24, 2.45) is 5.73 Å². The molecule has 1 saturated heterocycles. The van der Waals surface area contributed by atoms with Crippen LogP contribution in [-0.2, 0) is 4.79 Å². The highest BCUT2D eigenvalue weighted by atomic mass is 35.5. The second-order valence-electron chi connectivity index (χ2n) is 5.55. The molecule has 1 fully saturated rings. The normalized spacial score (nSPS) is 19.3. The quantitative estimate of drug-likeness (QED) is 0.925. The second-order valence-corrected chi connectivity index (χ2v) is 5.55. The van der Waals surface area contributed by atoms with Crippen LogP contribution in [0.15, 0.2) is 42.5 Å². The number of likely N-dealkylation sites (tertiary alicyclic amines) is 1. The zero-order valence-electron chi connectivity index (χ0n) is 12.2. The standard InChI is InChI=1S/C17H20N2O.ClH/c1-12(18)17(20)19-11-5-10-16(19)15-9-4-7-13-6-2-3-8-14(13)15;/h2-4,6-9,12,16H,5,10-11,18H2,1H3;1H/t12-,16?;/m0./s1. The molecule has 0 spiro atoms. The smallest absolute Gasteiger partial charge is 0.239 e. The summed E-state index contributed by atoms with van der Waals surface area (Å²) in [7, 11) is 0. The third-order valence-electron chi connectivity index (χ3n) is 4.11. The minimum atomic E-state index is -0.425. The molecule has 0 saturated carbocycles. The lowest BCUT2D eigenvalue weighted by molar-refractivity contribution is -0.133. The highest BCUT2D eigenvalue weighted by Crippen LogP contribution is 2.36. The molecule has 112 valence electrons. The van der Waals surface area contributed by atoms with E-state index < -0.39 is 6.04 Å². The fourth-order valence-electron chi connectivity index (χ4n) is 3.16. The van der Waals surface area contributed by atoms with Crippen molar-refractivity contribution in [2.45, 2.75) is 31.8 Å². The van der Waals surface area contributed by atoms with E-state index >= 15 is 0 Å². The van der Waals surface area contributed by atoms with E-state index in [1.54, 1.807) is 6.92 Å². The maximum atomic E-state index is 12.3. The van der Waals surface area contributed by atoms with Crippen LogP contribution < -0.4 is 5.73 Å². The maximum absolute atomic E-state index is 12.3. The van der Waals surface area contributed by atoms with Gasteiger partial charge in [0.2, 0.25) is 5.91 Å². The van der Waals surface area contributed by atoms with E-state index in [0.717, 1.165) is 19.4 Å². The molecule has 4 heteroatoms. The van der Waals surface area contributed by atoms with Crippen LogP contribution in [0.25, 0.3) is 10.8 Å². The lowest BCUT2D eigenvalue weighted by Gasteiger charge is -2.27. The molecule has 0 bridgehead atoms. The minimum Gasteiger partial charge on any atom is -0.334 e. The Labute approximate surface area is 131 Å². The van der Waals surface area contributed by atoms with Gasteiger partial charge in [-0.2, -0.15) is 0 Å². The Hall–Kier alpha value is -1.58. The van der Waals surface area contributed by atoms with Gasteiger partial charge in [0, 0.05) is 6.54 Å². The van der Waals surface area contributed by atoms with Gasteiger partial charge in [-0.1, -0.05) is 42.5 Å². The van der Waals surface area contributed by atoms with Crippen LogP contribution >= 0.6 is 12.4 Å². The molecule has 2 aromatic rings. The first kappa shape index (κ1) is 15.8. The van der Waals surface area contributed by atoms with Gasteiger partial charge >= 0.3 is 0 Å². The molecule has 1 heterocycles. The monoisotopic (exact) mass is 304 g/mol. The van der Waals surface area contributed by atoms with Gasteiger partial charge in [0.1, 0.15) is 0 Å². The lowest BCUT2D eigenvalue weighted by atomic mass is 9.97. The molecule has 2 N–H and O–H groups in total. The van der Waals surface area contributed by atoms with E-state index in [1.807, 2.05) is 11.0 Å². The largest absolute Gasteiger partial charge is 0.334 e. The number of carbonyl (C=O) groups excluding carboxylic acids is 1. The molecule has 2 aromatic carbocycles. The number of amides is 1. The molecule has 3 nitrogen and oxygen atoms in total. The summed E-state index contributed by atoms with van der Waals surface area (Å²) in [5.74, 6) is 0.0560. The van der Waals surface area contributed by atoms with E-state index in [0.29, 0.717) is 0 Å². The Balaban J connectivity index is 0.00000161. The predicted octanol–water partition coefficient (Wildman–Crippen LogP) is 3.27. The molecule has 1 amide bonds. The van der Waals surface area contributed by atoms with Gasteiger partial charge < -0.3 is 10.6 Å². The summed E-state index contributed by atoms with van der Waals surface area (Å²) in [5.41, 5.74) is 7.02. The summed E-state index contributed by atoms with van der Waals surface area (Å²) in [4.78, 5) is 14.2. The number of hydrogen-bond acceptors (Lipinski definition) is 2. The summed E-state index contributed by atoms with van der Waals surface area (Å²) >= 11 is 0. The van der Waals surface area contributed by atoms with Crippen molar-refractivity contribution in [3.8, 4) is 0 Å². The van der Waals surface area contributed by atoms with Gasteiger partial charge in [0.05, 0.1) is 12.1 Å². The summed E-state index contributed by atoms with van der Waals surface area (Å²) in [6.07, 6.45) is 2.07. The van der Waals surface area contributed by atoms with E-state index in [4.69, 9.17) is 5.73 Å². The first-order valence-electron chi connectivity index (χ1n) is 7.22. The maximum Gasteiger partial charge on any atom is 0.239 e. The van der Waals surface area contributed by atoms with Crippen LogP contribution in [0.2, 0.25) is 0 Å². The van der Waals surface area contributed by atoms with Crippen LogP contribution in [0, 0.1) is 0 Å². The van der Waals surface area contributed by atoms with Crippen LogP contribution in [-0.4, -0.2) is 23.4 Å². The first-order chi connectivity index (χ1) is 9.68. The number of fused-ring (bicyclic) bond motifs is 1. The highest BCUT2D eigenvalue weighted by Gasteiger charge is 2.31. The van der Waals surface area contributed by atoms with Gasteiger partial charge in [-0.05, 0) is 36.1 Å². The topological polar surface area (TPSA) is 46.3 Å². The van der Waals surface area contributed by atoms with Crippen LogP contribution in [0.4, 0.5) is 0 Å².